The van der Waals surface area contributed by atoms with E-state index in [1.807, 2.05) is 4.90 Å². The van der Waals surface area contributed by atoms with Crippen LogP contribution in [0.3, 0.4) is 0 Å². The van der Waals surface area contributed by atoms with Crippen molar-refractivity contribution in [2.45, 2.75) is 19.8 Å². The highest BCUT2D eigenvalue weighted by Crippen LogP contribution is 2.07. The molecule has 1 N–H and O–H groups in total. The molecule has 0 radical (unpaired) electrons. The number of hydrogen-bond acceptors (Lipinski definition) is 4. The number of hydrogen-bond donors (Lipinski definition) is 1. The van der Waals surface area contributed by atoms with E-state index in [1.54, 1.807) is 24.5 Å². The van der Waals surface area contributed by atoms with E-state index in [0.717, 1.165) is 32.5 Å². The predicted molar refractivity (Wildman–Crippen MR) is 84.5 cm³/mol. The molecule has 0 atom stereocenters. The SMILES string of the molecule is CCCCNC(=O)CN1CCN(C(=O)c2cccnc2)CC1. The molecule has 6 nitrogen and oxygen atoms in total. The molecule has 2 rings (SSSR count). The van der Waals surface area contributed by atoms with E-state index in [1.165, 1.54) is 0 Å². The monoisotopic (exact) mass is 304 g/mol. The third kappa shape index (κ3) is 4.80. The van der Waals surface area contributed by atoms with Crippen molar-refractivity contribution in [2.75, 3.05) is 39.3 Å². The van der Waals surface area contributed by atoms with Crippen molar-refractivity contribution in [1.82, 2.24) is 20.1 Å². The van der Waals surface area contributed by atoms with E-state index in [9.17, 15) is 9.59 Å². The number of carbonyl (C=O) groups excluding carboxylic acids is 2. The Labute approximate surface area is 131 Å². The Morgan fingerprint density at radius 1 is 1.27 bits per heavy atom. The maximum absolute atomic E-state index is 12.3. The minimum atomic E-state index is 0.0140. The van der Waals surface area contributed by atoms with Crippen LogP contribution in [-0.2, 0) is 4.79 Å². The third-order valence-corrected chi connectivity index (χ3v) is 3.79. The molecule has 1 aliphatic rings. The van der Waals surface area contributed by atoms with E-state index in [4.69, 9.17) is 0 Å². The number of amides is 2. The van der Waals surface area contributed by atoms with Crippen molar-refractivity contribution >= 4 is 11.8 Å². The molecule has 22 heavy (non-hydrogen) atoms. The Balaban J connectivity index is 1.74. The number of nitrogens with zero attached hydrogens (tertiary/aromatic N) is 3. The Morgan fingerprint density at radius 3 is 2.68 bits per heavy atom. The molecule has 1 aromatic heterocycles. The van der Waals surface area contributed by atoms with Gasteiger partial charge < -0.3 is 10.2 Å². The van der Waals surface area contributed by atoms with Gasteiger partial charge in [-0.25, -0.2) is 0 Å². The molecule has 1 fully saturated rings. The van der Waals surface area contributed by atoms with Crippen molar-refractivity contribution < 1.29 is 9.59 Å². The molecule has 0 aromatic carbocycles. The quantitative estimate of drug-likeness (QED) is 0.788. The fourth-order valence-electron chi connectivity index (χ4n) is 2.44. The average Bonchev–Trinajstić information content (AvgIpc) is 2.56. The van der Waals surface area contributed by atoms with Gasteiger partial charge in [0.2, 0.25) is 5.91 Å². The lowest BCUT2D eigenvalue weighted by Crippen LogP contribution is -2.51. The van der Waals surface area contributed by atoms with Crippen LogP contribution in [0.5, 0.6) is 0 Å². The average molecular weight is 304 g/mol. The summed E-state index contributed by atoms with van der Waals surface area (Å²) in [6.45, 7) is 6.02. The largest absolute Gasteiger partial charge is 0.355 e. The van der Waals surface area contributed by atoms with Crippen LogP contribution in [0.1, 0.15) is 30.1 Å². The number of rotatable bonds is 6. The van der Waals surface area contributed by atoms with Gasteiger partial charge in [0, 0.05) is 45.1 Å². The molecule has 2 heterocycles. The molecule has 1 saturated heterocycles. The molecule has 6 heteroatoms. The Hall–Kier alpha value is -1.95. The summed E-state index contributed by atoms with van der Waals surface area (Å²) in [5.74, 6) is 0.0839. The van der Waals surface area contributed by atoms with Crippen molar-refractivity contribution in [1.29, 1.82) is 0 Å². The summed E-state index contributed by atoms with van der Waals surface area (Å²) in [5, 5.41) is 2.92. The molecule has 120 valence electrons. The summed E-state index contributed by atoms with van der Waals surface area (Å²) in [4.78, 5) is 32.0. The van der Waals surface area contributed by atoms with E-state index in [-0.39, 0.29) is 11.8 Å². The van der Waals surface area contributed by atoms with Crippen LogP contribution in [0, 0.1) is 0 Å². The van der Waals surface area contributed by atoms with Gasteiger partial charge in [0.25, 0.3) is 5.91 Å². The molecule has 2 amide bonds. The minimum Gasteiger partial charge on any atom is -0.355 e. The summed E-state index contributed by atoms with van der Waals surface area (Å²) in [7, 11) is 0. The van der Waals surface area contributed by atoms with Gasteiger partial charge in [-0.15, -0.1) is 0 Å². The standard InChI is InChI=1S/C16H24N4O2/c1-2-3-7-18-15(21)13-19-8-10-20(11-9-19)16(22)14-5-4-6-17-12-14/h4-6,12H,2-3,7-11,13H2,1H3,(H,18,21). The van der Waals surface area contributed by atoms with E-state index >= 15 is 0 Å². The second kappa shape index (κ2) is 8.48. The summed E-state index contributed by atoms with van der Waals surface area (Å²) >= 11 is 0. The van der Waals surface area contributed by atoms with Crippen LogP contribution in [0.2, 0.25) is 0 Å². The van der Waals surface area contributed by atoms with Gasteiger partial charge in [-0.3, -0.25) is 19.5 Å². The van der Waals surface area contributed by atoms with E-state index in [2.05, 4.69) is 22.1 Å². The van der Waals surface area contributed by atoms with Crippen LogP contribution in [0.25, 0.3) is 0 Å². The first-order chi connectivity index (χ1) is 10.7. The maximum Gasteiger partial charge on any atom is 0.255 e. The van der Waals surface area contributed by atoms with Gasteiger partial charge in [0.1, 0.15) is 0 Å². The molecular formula is C16H24N4O2. The first kappa shape index (κ1) is 16.4. The fourth-order valence-corrected chi connectivity index (χ4v) is 2.44. The van der Waals surface area contributed by atoms with Gasteiger partial charge >= 0.3 is 0 Å². The molecule has 1 aliphatic heterocycles. The van der Waals surface area contributed by atoms with Crippen molar-refractivity contribution in [3.63, 3.8) is 0 Å². The van der Waals surface area contributed by atoms with Gasteiger partial charge in [-0.2, -0.15) is 0 Å². The molecule has 0 saturated carbocycles. The van der Waals surface area contributed by atoms with Crippen LogP contribution >= 0.6 is 0 Å². The lowest BCUT2D eigenvalue weighted by Gasteiger charge is -2.34. The van der Waals surface area contributed by atoms with Crippen LogP contribution in [-0.4, -0.2) is 65.9 Å². The first-order valence-electron chi connectivity index (χ1n) is 7.89. The first-order valence-corrected chi connectivity index (χ1v) is 7.89. The highest BCUT2D eigenvalue weighted by atomic mass is 16.2. The Bertz CT molecular complexity index is 484. The second-order valence-corrected chi connectivity index (χ2v) is 5.51. The summed E-state index contributed by atoms with van der Waals surface area (Å²) < 4.78 is 0. The van der Waals surface area contributed by atoms with Gasteiger partial charge in [0.15, 0.2) is 0 Å². The van der Waals surface area contributed by atoms with Crippen LogP contribution in [0.15, 0.2) is 24.5 Å². The third-order valence-electron chi connectivity index (χ3n) is 3.79. The van der Waals surface area contributed by atoms with Gasteiger partial charge in [-0.05, 0) is 18.6 Å². The number of carbonyl (C=O) groups is 2. The highest BCUT2D eigenvalue weighted by molar-refractivity contribution is 5.93. The van der Waals surface area contributed by atoms with Crippen molar-refractivity contribution in [3.8, 4) is 0 Å². The van der Waals surface area contributed by atoms with E-state index in [0.29, 0.717) is 25.2 Å². The fraction of sp³-hybridized carbons (Fsp3) is 0.562. The molecule has 0 aliphatic carbocycles. The van der Waals surface area contributed by atoms with Crippen molar-refractivity contribution in [3.05, 3.63) is 30.1 Å². The zero-order valence-corrected chi connectivity index (χ0v) is 13.1. The Morgan fingerprint density at radius 2 is 2.05 bits per heavy atom. The summed E-state index contributed by atoms with van der Waals surface area (Å²) in [5.41, 5.74) is 0.619. The van der Waals surface area contributed by atoms with Gasteiger partial charge in [0.05, 0.1) is 12.1 Å². The van der Waals surface area contributed by atoms with Crippen LogP contribution in [0.4, 0.5) is 0 Å². The zero-order valence-electron chi connectivity index (χ0n) is 13.1. The lowest BCUT2D eigenvalue weighted by atomic mass is 10.2. The summed E-state index contributed by atoms with van der Waals surface area (Å²) in [6, 6.07) is 3.55. The molecular weight excluding hydrogens is 280 g/mol. The molecule has 0 unspecified atom stereocenters. The topological polar surface area (TPSA) is 65.5 Å². The molecule has 0 spiro atoms. The normalized spacial score (nSPS) is 15.6. The Kier molecular flexibility index (Phi) is 6.33. The number of pyridine rings is 1. The number of aromatic nitrogens is 1. The van der Waals surface area contributed by atoms with Gasteiger partial charge in [-0.1, -0.05) is 13.3 Å². The smallest absolute Gasteiger partial charge is 0.255 e. The minimum absolute atomic E-state index is 0.0140. The van der Waals surface area contributed by atoms with Crippen LogP contribution < -0.4 is 5.32 Å². The predicted octanol–water partition coefficient (Wildman–Crippen LogP) is 0.756. The van der Waals surface area contributed by atoms with E-state index < -0.39 is 0 Å². The zero-order chi connectivity index (χ0) is 15.8. The highest BCUT2D eigenvalue weighted by Gasteiger charge is 2.23. The summed E-state index contributed by atoms with van der Waals surface area (Å²) in [6.07, 6.45) is 5.34. The lowest BCUT2D eigenvalue weighted by molar-refractivity contribution is -0.122. The van der Waals surface area contributed by atoms with Crippen molar-refractivity contribution in [2.24, 2.45) is 0 Å². The number of unbranched alkanes of at least 4 members (excludes halogenated alkanes) is 1. The second-order valence-electron chi connectivity index (χ2n) is 5.51. The molecule has 1 aromatic rings. The maximum atomic E-state index is 12.3. The number of nitrogens with one attached hydrogen (secondary N) is 1. The molecule has 0 bridgehead atoms. The number of piperazine rings is 1.